The Balaban J connectivity index is 2.10. The van der Waals surface area contributed by atoms with Crippen molar-refractivity contribution in [1.29, 1.82) is 0 Å². The van der Waals surface area contributed by atoms with Crippen molar-refractivity contribution >= 4 is 49.0 Å². The van der Waals surface area contributed by atoms with Crippen LogP contribution < -0.4 is 15.9 Å². The predicted octanol–water partition coefficient (Wildman–Crippen LogP) is 5.37. The van der Waals surface area contributed by atoms with E-state index in [0.717, 1.165) is 26.3 Å². The third kappa shape index (κ3) is 3.12. The molecule has 1 heterocycles. The van der Waals surface area contributed by atoms with Crippen LogP contribution in [0.3, 0.4) is 0 Å². The van der Waals surface area contributed by atoms with Crippen molar-refractivity contribution in [2.45, 2.75) is 6.16 Å². The molecule has 0 amide bonds. The van der Waals surface area contributed by atoms with E-state index in [1.807, 2.05) is 31.4 Å². The van der Waals surface area contributed by atoms with Crippen LogP contribution in [0.4, 0.5) is 0 Å². The number of benzene rings is 3. The Morgan fingerprint density at radius 3 is 1.50 bits per heavy atom. The molecule has 5 heteroatoms. The Bertz CT molecular complexity index is 982. The number of aryl methyl sites for hydroxylation is 1. The summed E-state index contributed by atoms with van der Waals surface area (Å²) in [5, 5.41) is 3.44. The summed E-state index contributed by atoms with van der Waals surface area (Å²) in [4.78, 5) is 4.74. The Kier molecular flexibility index (Phi) is 5.18. The Morgan fingerprint density at radius 1 is 0.786 bits per heavy atom. The van der Waals surface area contributed by atoms with E-state index in [0.29, 0.717) is 6.16 Å². The van der Waals surface area contributed by atoms with Gasteiger partial charge < -0.3 is 0 Å². The maximum atomic E-state index is 8.05. The third-order valence-electron chi connectivity index (χ3n) is 5.27. The van der Waals surface area contributed by atoms with E-state index in [-0.39, 0.29) is 0 Å². The van der Waals surface area contributed by atoms with Gasteiger partial charge in [-0.2, -0.15) is 0 Å². The fourth-order valence-corrected chi connectivity index (χ4v) is 10.3. The van der Waals surface area contributed by atoms with Gasteiger partial charge in [-0.25, -0.2) is 0 Å². The predicted molar refractivity (Wildman–Crippen MR) is 126 cm³/mol. The van der Waals surface area contributed by atoms with Crippen LogP contribution in [0, 0.1) is 0 Å². The van der Waals surface area contributed by atoms with E-state index in [1.54, 1.807) is 0 Å². The van der Waals surface area contributed by atoms with Crippen molar-refractivity contribution in [3.63, 3.8) is 0 Å². The first kappa shape index (κ1) is 19.4. The molecule has 0 saturated carbocycles. The zero-order chi connectivity index (χ0) is 19.6. The van der Waals surface area contributed by atoms with Gasteiger partial charge in [-0.05, 0) is 0 Å². The molecule has 0 aliphatic rings. The molecule has 0 spiro atoms. The molecule has 0 radical (unpaired) electrons. The van der Waals surface area contributed by atoms with Gasteiger partial charge in [0.25, 0.3) is 0 Å². The molecule has 0 atom stereocenters. The Hall–Kier alpha value is -1.93. The number of rotatable bonds is 5. The second kappa shape index (κ2) is 7.48. The van der Waals surface area contributed by atoms with Gasteiger partial charge >= 0.3 is 179 Å². The van der Waals surface area contributed by atoms with Gasteiger partial charge in [-0.15, -0.1) is 0 Å². The fraction of sp³-hybridized carbons (Fsp3) is 0.0870. The maximum absolute atomic E-state index is 8.05. The number of hydrogen-bond donors (Lipinski definition) is 0. The van der Waals surface area contributed by atoms with Gasteiger partial charge in [0.05, 0.1) is 0 Å². The summed E-state index contributed by atoms with van der Waals surface area (Å²) in [6.45, 7) is 0. The average Bonchev–Trinajstić information content (AvgIpc) is 3.06. The molecule has 0 saturated heterocycles. The topological polar surface area (TPSA) is 17.8 Å². The van der Waals surface area contributed by atoms with Crippen molar-refractivity contribution in [3.05, 3.63) is 108 Å². The zero-order valence-electron chi connectivity index (χ0n) is 15.5. The van der Waals surface area contributed by atoms with Crippen molar-refractivity contribution in [2.24, 2.45) is 7.05 Å². The van der Waals surface area contributed by atoms with Crippen LogP contribution >= 0.6 is 33.1 Å². The van der Waals surface area contributed by atoms with Crippen LogP contribution in [0.25, 0.3) is 0 Å². The van der Waals surface area contributed by atoms with E-state index >= 15 is 0 Å². The fourth-order valence-electron chi connectivity index (χ4n) is 3.82. The molecule has 0 fully saturated rings. The van der Waals surface area contributed by atoms with E-state index < -0.39 is 5.96 Å². The molecule has 2 nitrogen and oxygen atoms in total. The minimum atomic E-state index is -3.33. The molecule has 4 aromatic rings. The third-order valence-corrected chi connectivity index (χ3v) is 12.8. The molecular weight excluding hydrogens is 451 g/mol. The molecule has 28 heavy (non-hydrogen) atoms. The molecule has 0 aliphatic heterocycles. The first-order valence-corrected chi connectivity index (χ1v) is 13.2. The first-order chi connectivity index (χ1) is 13.5. The van der Waals surface area contributed by atoms with Gasteiger partial charge in [-0.1, -0.05) is 0 Å². The van der Waals surface area contributed by atoms with Crippen LogP contribution in [0.15, 0.2) is 102 Å². The molecule has 0 aliphatic carbocycles. The van der Waals surface area contributed by atoms with Crippen LogP contribution in [0.1, 0.15) is 5.82 Å². The molecule has 0 N–H and O–H groups in total. The molecule has 0 bridgehead atoms. The summed E-state index contributed by atoms with van der Waals surface area (Å²) in [7, 11) is 2.02. The number of halogens is 2. The van der Waals surface area contributed by atoms with E-state index in [2.05, 4.69) is 93.3 Å². The molecule has 0 unspecified atom stereocenters. The SMILES string of the molecule is Cn1cc(Br)nc1CP(Cl)(c1ccccc1)(c1ccccc1)c1ccccc1. The normalized spacial score (nSPS) is 13.0. The van der Waals surface area contributed by atoms with Crippen molar-refractivity contribution in [1.82, 2.24) is 9.55 Å². The number of imidazole rings is 1. The van der Waals surface area contributed by atoms with Crippen LogP contribution in [0.2, 0.25) is 0 Å². The van der Waals surface area contributed by atoms with Crippen molar-refractivity contribution in [3.8, 4) is 0 Å². The first-order valence-electron chi connectivity index (χ1n) is 9.10. The van der Waals surface area contributed by atoms with E-state index in [1.165, 1.54) is 0 Å². The monoisotopic (exact) mass is 470 g/mol. The summed E-state index contributed by atoms with van der Waals surface area (Å²) < 4.78 is 2.88. The van der Waals surface area contributed by atoms with Gasteiger partial charge in [-0.3, -0.25) is 0 Å². The number of nitrogens with zero attached hydrogens (tertiary/aromatic N) is 2. The van der Waals surface area contributed by atoms with E-state index in [9.17, 15) is 0 Å². The van der Waals surface area contributed by atoms with E-state index in [4.69, 9.17) is 16.2 Å². The summed E-state index contributed by atoms with van der Waals surface area (Å²) >= 11 is 11.6. The summed E-state index contributed by atoms with van der Waals surface area (Å²) in [5.74, 6) is -2.38. The van der Waals surface area contributed by atoms with Gasteiger partial charge in [0.1, 0.15) is 0 Å². The van der Waals surface area contributed by atoms with Gasteiger partial charge in [0, 0.05) is 0 Å². The quantitative estimate of drug-likeness (QED) is 0.358. The summed E-state index contributed by atoms with van der Waals surface area (Å²) in [6, 6.07) is 31.5. The summed E-state index contributed by atoms with van der Waals surface area (Å²) in [5.41, 5.74) is 0. The standard InChI is InChI=1S/C23H21BrClN2P/c1-27-17-22(24)26-23(27)18-28(25,19-11-5-2-6-12-19,20-13-7-3-8-14-20)21-15-9-4-10-16-21/h2-17H,18H2,1H3. The van der Waals surface area contributed by atoms with Gasteiger partial charge in [0.15, 0.2) is 0 Å². The van der Waals surface area contributed by atoms with Gasteiger partial charge in [0.2, 0.25) is 0 Å². The van der Waals surface area contributed by atoms with Crippen LogP contribution in [-0.4, -0.2) is 9.55 Å². The molecule has 4 rings (SSSR count). The van der Waals surface area contributed by atoms with Crippen molar-refractivity contribution in [2.75, 3.05) is 0 Å². The second-order valence-corrected chi connectivity index (χ2v) is 14.2. The molecule has 3 aromatic carbocycles. The Labute approximate surface area is 179 Å². The zero-order valence-corrected chi connectivity index (χ0v) is 18.8. The number of aromatic nitrogens is 2. The molecular formula is C23H21BrClN2P. The van der Waals surface area contributed by atoms with Crippen molar-refractivity contribution < 1.29 is 0 Å². The minimum absolute atomic E-state index is 0.632. The van der Waals surface area contributed by atoms with Crippen LogP contribution in [-0.2, 0) is 13.2 Å². The second-order valence-electron chi connectivity index (χ2n) is 6.94. The Morgan fingerprint density at radius 2 is 1.18 bits per heavy atom. The number of hydrogen-bond acceptors (Lipinski definition) is 1. The average molecular weight is 472 g/mol. The van der Waals surface area contributed by atoms with Crippen LogP contribution in [0.5, 0.6) is 0 Å². The summed E-state index contributed by atoms with van der Waals surface area (Å²) in [6.07, 6.45) is 2.61. The molecule has 1 aromatic heterocycles. The molecule has 142 valence electrons.